The van der Waals surface area contributed by atoms with E-state index in [0.29, 0.717) is 0 Å². The number of aliphatic carboxylic acids is 2. The molecule has 0 aliphatic heterocycles. The topological polar surface area (TPSA) is 151 Å². The summed E-state index contributed by atoms with van der Waals surface area (Å²) in [5.74, 6) is -2.91. The Bertz CT molecular complexity index is 1660. The number of nitrogens with one attached hydrogen (secondary N) is 2. The number of carboxylic acids is 2. The fourth-order valence-electron chi connectivity index (χ4n) is 6.47. The van der Waals surface area contributed by atoms with E-state index in [1.807, 2.05) is 97.1 Å². The number of fused-ring (bicyclic) bond motifs is 6. The third kappa shape index (κ3) is 6.78. The first kappa shape index (κ1) is 32.1. The van der Waals surface area contributed by atoms with Crippen LogP contribution in [0.1, 0.15) is 46.9 Å². The summed E-state index contributed by atoms with van der Waals surface area (Å²) < 4.78 is 10.9. The maximum absolute atomic E-state index is 12.6. The normalized spacial score (nSPS) is 14.2. The monoisotopic (exact) mass is 646 g/mol. The minimum Gasteiger partial charge on any atom is -0.480 e. The molecule has 0 radical (unpaired) electrons. The Balaban J connectivity index is 0.985. The summed E-state index contributed by atoms with van der Waals surface area (Å²) in [7, 11) is 0. The molecule has 10 heteroatoms. The highest BCUT2D eigenvalue weighted by Gasteiger charge is 2.31. The highest BCUT2D eigenvalue weighted by atomic mass is 16.6. The van der Waals surface area contributed by atoms with Gasteiger partial charge in [0.05, 0.1) is 0 Å². The lowest BCUT2D eigenvalue weighted by Gasteiger charge is -2.17. The van der Waals surface area contributed by atoms with Crippen LogP contribution in [0.3, 0.4) is 0 Å². The number of carboxylic acid groups (broad SMARTS) is 2. The minimum atomic E-state index is -1.31. The quantitative estimate of drug-likeness (QED) is 0.131. The summed E-state index contributed by atoms with van der Waals surface area (Å²) in [6.07, 6.45) is 0.875. The molecule has 0 bridgehead atoms. The van der Waals surface area contributed by atoms with Gasteiger partial charge in [-0.2, -0.15) is 0 Å². The van der Waals surface area contributed by atoms with Crippen LogP contribution in [-0.2, 0) is 19.1 Å². The smallest absolute Gasteiger partial charge is 0.407 e. The Morgan fingerprint density at radius 2 is 0.833 bits per heavy atom. The Labute approximate surface area is 277 Å². The lowest BCUT2D eigenvalue weighted by atomic mass is 9.98. The average molecular weight is 647 g/mol. The van der Waals surface area contributed by atoms with Gasteiger partial charge in [0.1, 0.15) is 25.3 Å². The number of amides is 2. The van der Waals surface area contributed by atoms with Crippen LogP contribution in [-0.4, -0.2) is 59.6 Å². The second-order valence-corrected chi connectivity index (χ2v) is 11.7. The summed E-state index contributed by atoms with van der Waals surface area (Å²) in [6, 6.07) is 28.9. The van der Waals surface area contributed by atoms with Gasteiger partial charge in [0.15, 0.2) is 0 Å². The van der Waals surface area contributed by atoms with Crippen LogP contribution in [0.2, 0.25) is 0 Å². The Kier molecular flexibility index (Phi) is 9.52. The fourth-order valence-corrected chi connectivity index (χ4v) is 6.47. The highest BCUT2D eigenvalue weighted by Crippen LogP contribution is 2.45. The van der Waals surface area contributed by atoms with Gasteiger partial charge in [0.25, 0.3) is 0 Å². The molecule has 6 rings (SSSR count). The number of rotatable bonds is 12. The average Bonchev–Trinajstić information content (AvgIpc) is 3.59. The van der Waals surface area contributed by atoms with E-state index in [2.05, 4.69) is 10.6 Å². The number of carbonyl (C=O) groups is 4. The molecule has 0 aromatic heterocycles. The SMILES string of the molecule is O=C(NC(C/C=C\CC(NC(=O)OCC1c2ccccc2-c2ccccc21)C(=O)O)C(=O)O)OCC1c2ccccc2-c2ccccc21. The van der Waals surface area contributed by atoms with Gasteiger partial charge in [0, 0.05) is 11.8 Å². The molecular formula is C38H34N2O8. The van der Waals surface area contributed by atoms with Crippen LogP contribution in [0.15, 0.2) is 109 Å². The Morgan fingerprint density at radius 3 is 1.12 bits per heavy atom. The highest BCUT2D eigenvalue weighted by molar-refractivity contribution is 5.82. The molecule has 2 aliphatic rings. The maximum Gasteiger partial charge on any atom is 0.407 e. The lowest BCUT2D eigenvalue weighted by molar-refractivity contribution is -0.140. The van der Waals surface area contributed by atoms with Gasteiger partial charge in [-0.15, -0.1) is 0 Å². The number of hydrogen-bond donors (Lipinski definition) is 4. The molecule has 48 heavy (non-hydrogen) atoms. The van der Waals surface area contributed by atoms with Crippen molar-refractivity contribution in [2.75, 3.05) is 13.2 Å². The van der Waals surface area contributed by atoms with E-state index in [0.717, 1.165) is 44.5 Å². The largest absolute Gasteiger partial charge is 0.480 e. The summed E-state index contributed by atoms with van der Waals surface area (Å²) in [6.45, 7) is 0.0632. The zero-order valence-corrected chi connectivity index (χ0v) is 25.9. The molecule has 2 amide bonds. The van der Waals surface area contributed by atoms with Gasteiger partial charge in [-0.3, -0.25) is 0 Å². The molecule has 2 atom stereocenters. The first-order valence-electron chi connectivity index (χ1n) is 15.7. The molecule has 0 saturated heterocycles. The Hall–Kier alpha value is -5.90. The van der Waals surface area contributed by atoms with Crippen molar-refractivity contribution < 1.29 is 38.9 Å². The van der Waals surface area contributed by atoms with E-state index in [9.17, 15) is 29.4 Å². The van der Waals surface area contributed by atoms with Gasteiger partial charge in [-0.1, -0.05) is 109 Å². The molecule has 2 aliphatic carbocycles. The molecule has 2 unspecified atom stereocenters. The van der Waals surface area contributed by atoms with E-state index in [4.69, 9.17) is 9.47 Å². The molecule has 0 spiro atoms. The van der Waals surface area contributed by atoms with Gasteiger partial charge >= 0.3 is 24.1 Å². The summed E-state index contributed by atoms with van der Waals surface area (Å²) in [4.78, 5) is 49.0. The van der Waals surface area contributed by atoms with Crippen LogP contribution in [0.25, 0.3) is 22.3 Å². The van der Waals surface area contributed by atoms with Crippen molar-refractivity contribution in [3.63, 3.8) is 0 Å². The lowest BCUT2D eigenvalue weighted by Crippen LogP contribution is -2.41. The number of alkyl carbamates (subject to hydrolysis) is 2. The van der Waals surface area contributed by atoms with Crippen LogP contribution in [0.5, 0.6) is 0 Å². The van der Waals surface area contributed by atoms with Crippen LogP contribution in [0, 0.1) is 0 Å². The van der Waals surface area contributed by atoms with Gasteiger partial charge < -0.3 is 30.3 Å². The van der Waals surface area contributed by atoms with E-state index in [-0.39, 0.29) is 37.9 Å². The molecule has 0 heterocycles. The summed E-state index contributed by atoms with van der Waals surface area (Å²) in [5, 5.41) is 24.1. The van der Waals surface area contributed by atoms with Crippen LogP contribution in [0.4, 0.5) is 9.59 Å². The zero-order valence-electron chi connectivity index (χ0n) is 25.9. The van der Waals surface area contributed by atoms with E-state index < -0.39 is 36.2 Å². The van der Waals surface area contributed by atoms with Crippen LogP contribution >= 0.6 is 0 Å². The van der Waals surface area contributed by atoms with Gasteiger partial charge in [-0.25, -0.2) is 19.2 Å². The number of carbonyl (C=O) groups excluding carboxylic acids is 2. The number of benzene rings is 4. The van der Waals surface area contributed by atoms with Crippen molar-refractivity contribution in [3.8, 4) is 22.3 Å². The molecule has 4 N–H and O–H groups in total. The zero-order chi connectivity index (χ0) is 33.6. The van der Waals surface area contributed by atoms with Crippen molar-refractivity contribution in [1.29, 1.82) is 0 Å². The Morgan fingerprint density at radius 1 is 0.542 bits per heavy atom. The maximum atomic E-state index is 12.6. The fraction of sp³-hybridized carbons (Fsp3) is 0.211. The first-order chi connectivity index (χ1) is 23.3. The summed E-state index contributed by atoms with van der Waals surface area (Å²) >= 11 is 0. The van der Waals surface area contributed by atoms with Gasteiger partial charge in [-0.05, 0) is 57.3 Å². The van der Waals surface area contributed by atoms with Crippen molar-refractivity contribution in [2.45, 2.75) is 36.8 Å². The predicted octanol–water partition coefficient (Wildman–Crippen LogP) is 6.31. The third-order valence-electron chi connectivity index (χ3n) is 8.78. The van der Waals surface area contributed by atoms with Gasteiger partial charge in [0.2, 0.25) is 0 Å². The second-order valence-electron chi connectivity index (χ2n) is 11.7. The third-order valence-corrected chi connectivity index (χ3v) is 8.78. The minimum absolute atomic E-state index is 0.0316. The second kappa shape index (κ2) is 14.3. The molecule has 244 valence electrons. The summed E-state index contributed by atoms with van der Waals surface area (Å²) in [5.41, 5.74) is 8.42. The molecule has 0 fully saturated rings. The number of ether oxygens (including phenoxy) is 2. The van der Waals surface area contributed by atoms with E-state index in [1.54, 1.807) is 0 Å². The standard InChI is InChI=1S/C38H34N2O8/c41-35(42)33(39-37(45)47-21-31-27-15-5-1-11-23(27)24-12-2-6-16-28(24)31)19-9-10-20-34(36(43)44)40-38(46)48-22-32-29-17-7-3-13-25(29)26-14-4-8-18-30(26)32/h1-18,31-34H,19-22H2,(H,39,45)(H,40,46)(H,41,42)(H,43,44)/b10-9-. The molecule has 4 aromatic carbocycles. The molecule has 0 saturated carbocycles. The molecular weight excluding hydrogens is 612 g/mol. The molecule has 10 nitrogen and oxygen atoms in total. The van der Waals surface area contributed by atoms with Crippen molar-refractivity contribution in [3.05, 3.63) is 131 Å². The van der Waals surface area contributed by atoms with Crippen LogP contribution < -0.4 is 10.6 Å². The van der Waals surface area contributed by atoms with E-state index >= 15 is 0 Å². The van der Waals surface area contributed by atoms with E-state index in [1.165, 1.54) is 12.2 Å². The number of hydrogen-bond acceptors (Lipinski definition) is 6. The van der Waals surface area contributed by atoms with Crippen molar-refractivity contribution >= 4 is 24.1 Å². The predicted molar refractivity (Wildman–Crippen MR) is 178 cm³/mol. The van der Waals surface area contributed by atoms with Crippen molar-refractivity contribution in [1.82, 2.24) is 10.6 Å². The molecule has 4 aromatic rings. The van der Waals surface area contributed by atoms with Crippen molar-refractivity contribution in [2.24, 2.45) is 0 Å². The first-order valence-corrected chi connectivity index (χ1v) is 15.7.